The van der Waals surface area contributed by atoms with Crippen LogP contribution in [0.4, 0.5) is 32.0 Å². The summed E-state index contributed by atoms with van der Waals surface area (Å²) in [5.74, 6) is -0.290. The molecule has 0 bridgehead atoms. The Labute approximate surface area is 207 Å². The van der Waals surface area contributed by atoms with Gasteiger partial charge in [0.25, 0.3) is 5.91 Å². The fourth-order valence-corrected chi connectivity index (χ4v) is 4.52. The number of aromatic nitrogens is 1. The third-order valence-electron chi connectivity index (χ3n) is 6.47. The van der Waals surface area contributed by atoms with Gasteiger partial charge in [0, 0.05) is 50.5 Å². The van der Waals surface area contributed by atoms with Gasteiger partial charge in [-0.05, 0) is 35.9 Å². The summed E-state index contributed by atoms with van der Waals surface area (Å²) >= 11 is 0. The van der Waals surface area contributed by atoms with Gasteiger partial charge in [0.15, 0.2) is 5.58 Å². The minimum atomic E-state index is -4.44. The highest BCUT2D eigenvalue weighted by molar-refractivity contribution is 5.97. The minimum Gasteiger partial charge on any atom is -0.463 e. The Hall–Kier alpha value is -3.89. The Morgan fingerprint density at radius 3 is 2.14 bits per heavy atom. The lowest BCUT2D eigenvalue weighted by molar-refractivity contribution is -0.138. The van der Waals surface area contributed by atoms with Crippen LogP contribution in [0.2, 0.25) is 0 Å². The number of carbonyl (C=O) groups excluding carboxylic acids is 1. The lowest BCUT2D eigenvalue weighted by Gasteiger charge is -2.36. The number of amides is 1. The number of halogens is 6. The molecule has 2 aromatic heterocycles. The molecule has 1 aliphatic rings. The Balaban J connectivity index is 1.33. The molecule has 0 unspecified atom stereocenters. The van der Waals surface area contributed by atoms with Gasteiger partial charge >= 0.3 is 12.4 Å². The summed E-state index contributed by atoms with van der Waals surface area (Å²) in [6.45, 7) is 1.45. The van der Waals surface area contributed by atoms with Crippen LogP contribution in [0.5, 0.6) is 0 Å². The van der Waals surface area contributed by atoms with Crippen LogP contribution in [-0.4, -0.2) is 41.6 Å². The van der Waals surface area contributed by atoms with Crippen LogP contribution in [-0.2, 0) is 18.9 Å². The molecule has 1 amide bonds. The molecule has 4 aromatic rings. The molecule has 1 saturated heterocycles. The molecular weight excluding hydrogens is 500 g/mol. The maximum Gasteiger partial charge on any atom is 0.416 e. The van der Waals surface area contributed by atoms with Crippen molar-refractivity contribution in [2.24, 2.45) is 0 Å². The molecule has 0 N–H and O–H groups in total. The smallest absolute Gasteiger partial charge is 0.416 e. The van der Waals surface area contributed by atoms with Gasteiger partial charge in [-0.1, -0.05) is 18.2 Å². The van der Waals surface area contributed by atoms with Crippen molar-refractivity contribution in [3.05, 3.63) is 89.3 Å². The zero-order chi connectivity index (χ0) is 26.4. The van der Waals surface area contributed by atoms with Gasteiger partial charge < -0.3 is 18.8 Å². The van der Waals surface area contributed by atoms with Gasteiger partial charge in [-0.25, -0.2) is 0 Å². The molecule has 0 radical (unpaired) electrons. The average molecular weight is 521 g/mol. The summed E-state index contributed by atoms with van der Waals surface area (Å²) in [5.41, 5.74) is 0.949. The van der Waals surface area contributed by atoms with Crippen molar-refractivity contribution < 1.29 is 35.6 Å². The zero-order valence-corrected chi connectivity index (χ0v) is 19.3. The Bertz CT molecular complexity index is 1410. The predicted octanol–water partition coefficient (Wildman–Crippen LogP) is 6.28. The molecule has 3 heterocycles. The van der Waals surface area contributed by atoms with E-state index in [-0.39, 0.29) is 12.5 Å². The summed E-state index contributed by atoms with van der Waals surface area (Å²) in [7, 11) is 0. The van der Waals surface area contributed by atoms with Gasteiger partial charge in [-0.3, -0.25) is 4.79 Å². The number of hydrogen-bond donors (Lipinski definition) is 0. The fraction of sp³-hybridized carbons (Fsp3) is 0.269. The number of rotatable bonds is 4. The maximum absolute atomic E-state index is 13.4. The first-order valence-electron chi connectivity index (χ1n) is 11.4. The number of nitrogens with zero attached hydrogens (tertiary/aromatic N) is 3. The first-order valence-corrected chi connectivity index (χ1v) is 11.4. The van der Waals surface area contributed by atoms with E-state index in [1.807, 2.05) is 0 Å². The van der Waals surface area contributed by atoms with Crippen molar-refractivity contribution >= 4 is 22.7 Å². The van der Waals surface area contributed by atoms with Gasteiger partial charge in [-0.2, -0.15) is 26.3 Å². The molecule has 37 heavy (non-hydrogen) atoms. The van der Waals surface area contributed by atoms with Crippen molar-refractivity contribution in [3.8, 4) is 0 Å². The highest BCUT2D eigenvalue weighted by Crippen LogP contribution is 2.32. The van der Waals surface area contributed by atoms with Gasteiger partial charge in [0.1, 0.15) is 5.69 Å². The van der Waals surface area contributed by atoms with Crippen LogP contribution in [0.15, 0.2) is 71.3 Å². The third kappa shape index (κ3) is 5.03. The molecule has 0 aliphatic carbocycles. The third-order valence-corrected chi connectivity index (χ3v) is 6.47. The molecule has 5 nitrogen and oxygen atoms in total. The van der Waals surface area contributed by atoms with E-state index in [4.69, 9.17) is 4.42 Å². The first-order chi connectivity index (χ1) is 17.5. The molecule has 0 atom stereocenters. The predicted molar refractivity (Wildman–Crippen MR) is 124 cm³/mol. The second kappa shape index (κ2) is 9.20. The standard InChI is InChI=1S/C26H21F6N3O2/c27-25(28,29)18-6-4-17(5-7-18)16-35-21-8-13-37-23(21)15-22(35)24(36)34-11-9-33(10-12-34)20-3-1-2-19(14-20)26(30,31)32/h1-8,13-15H,9-12,16H2. The highest BCUT2D eigenvalue weighted by atomic mass is 19.4. The summed E-state index contributed by atoms with van der Waals surface area (Å²) in [6, 6.07) is 13.1. The van der Waals surface area contributed by atoms with Crippen LogP contribution < -0.4 is 4.90 Å². The number of piperazine rings is 1. The van der Waals surface area contributed by atoms with Gasteiger partial charge in [0.2, 0.25) is 0 Å². The van der Waals surface area contributed by atoms with E-state index in [1.54, 1.807) is 32.6 Å². The minimum absolute atomic E-state index is 0.159. The molecule has 0 saturated carbocycles. The van der Waals surface area contributed by atoms with Gasteiger partial charge in [0.05, 0.1) is 22.9 Å². The molecule has 11 heteroatoms. The fourth-order valence-electron chi connectivity index (χ4n) is 4.52. The van der Waals surface area contributed by atoms with Crippen LogP contribution in [0, 0.1) is 0 Å². The van der Waals surface area contributed by atoms with E-state index >= 15 is 0 Å². The van der Waals surface area contributed by atoms with Crippen molar-refractivity contribution in [2.45, 2.75) is 18.9 Å². The Morgan fingerprint density at radius 1 is 0.811 bits per heavy atom. The second-order valence-corrected chi connectivity index (χ2v) is 8.81. The second-order valence-electron chi connectivity index (χ2n) is 8.81. The lowest BCUT2D eigenvalue weighted by atomic mass is 10.1. The summed E-state index contributed by atoms with van der Waals surface area (Å²) in [6.07, 6.45) is -7.42. The van der Waals surface area contributed by atoms with Crippen molar-refractivity contribution in [3.63, 3.8) is 0 Å². The summed E-state index contributed by atoms with van der Waals surface area (Å²) in [4.78, 5) is 16.9. The number of benzene rings is 2. The highest BCUT2D eigenvalue weighted by Gasteiger charge is 2.32. The monoisotopic (exact) mass is 521 g/mol. The summed E-state index contributed by atoms with van der Waals surface area (Å²) < 4.78 is 85.2. The molecular formula is C26H21F6N3O2. The maximum atomic E-state index is 13.4. The Morgan fingerprint density at radius 2 is 1.49 bits per heavy atom. The van der Waals surface area contributed by atoms with Gasteiger partial charge in [-0.15, -0.1) is 0 Å². The first kappa shape index (κ1) is 24.8. The van der Waals surface area contributed by atoms with E-state index in [1.165, 1.54) is 24.5 Å². The number of furan rings is 1. The largest absolute Gasteiger partial charge is 0.463 e. The normalized spacial score (nSPS) is 15.0. The molecule has 2 aromatic carbocycles. The van der Waals surface area contributed by atoms with Crippen molar-refractivity contribution in [1.82, 2.24) is 9.47 Å². The average Bonchev–Trinajstić information content (AvgIpc) is 3.46. The van der Waals surface area contributed by atoms with Crippen LogP contribution in [0.3, 0.4) is 0 Å². The lowest BCUT2D eigenvalue weighted by Crippen LogP contribution is -2.49. The number of anilines is 1. The summed E-state index contributed by atoms with van der Waals surface area (Å²) in [5, 5.41) is 0. The molecule has 5 rings (SSSR count). The van der Waals surface area contributed by atoms with Crippen LogP contribution >= 0.6 is 0 Å². The number of alkyl halides is 6. The van der Waals surface area contributed by atoms with E-state index in [0.29, 0.717) is 54.2 Å². The molecule has 194 valence electrons. The quantitative estimate of drug-likeness (QED) is 0.297. The SMILES string of the molecule is O=C(c1cc2occc2n1Cc1ccc(C(F)(F)F)cc1)N1CCN(c2cccc(C(F)(F)F)c2)CC1. The topological polar surface area (TPSA) is 41.6 Å². The number of carbonyl (C=O) groups is 1. The van der Waals surface area contributed by atoms with E-state index in [9.17, 15) is 31.1 Å². The van der Waals surface area contributed by atoms with E-state index in [2.05, 4.69) is 0 Å². The molecule has 1 aliphatic heterocycles. The molecule has 0 spiro atoms. The Kier molecular flexibility index (Phi) is 6.17. The molecule has 1 fully saturated rings. The number of fused-ring (bicyclic) bond motifs is 1. The van der Waals surface area contributed by atoms with E-state index < -0.39 is 23.5 Å². The van der Waals surface area contributed by atoms with Crippen molar-refractivity contribution in [1.29, 1.82) is 0 Å². The van der Waals surface area contributed by atoms with E-state index in [0.717, 1.165) is 24.3 Å². The van der Waals surface area contributed by atoms with Crippen LogP contribution in [0.1, 0.15) is 27.2 Å². The van der Waals surface area contributed by atoms with Crippen LogP contribution in [0.25, 0.3) is 11.1 Å². The zero-order valence-electron chi connectivity index (χ0n) is 19.3. The van der Waals surface area contributed by atoms with Crippen molar-refractivity contribution in [2.75, 3.05) is 31.1 Å². The number of hydrogen-bond acceptors (Lipinski definition) is 3.